The maximum absolute atomic E-state index is 5.64. The molecule has 1 aliphatic carbocycles. The zero-order valence-corrected chi connectivity index (χ0v) is 12.3. The van der Waals surface area contributed by atoms with E-state index in [0.29, 0.717) is 19.2 Å². The van der Waals surface area contributed by atoms with Crippen molar-refractivity contribution >= 4 is 5.96 Å². The van der Waals surface area contributed by atoms with E-state index in [1.807, 2.05) is 24.3 Å². The van der Waals surface area contributed by atoms with Gasteiger partial charge in [-0.2, -0.15) is 0 Å². The van der Waals surface area contributed by atoms with Gasteiger partial charge in [0.15, 0.2) is 5.96 Å². The van der Waals surface area contributed by atoms with Gasteiger partial charge in [-0.15, -0.1) is 0 Å². The van der Waals surface area contributed by atoms with Crippen LogP contribution in [0.5, 0.6) is 11.5 Å². The monoisotopic (exact) mass is 277 g/mol. The molecule has 110 valence electrons. The first-order valence-electron chi connectivity index (χ1n) is 6.97. The van der Waals surface area contributed by atoms with E-state index in [1.54, 1.807) is 14.2 Å². The van der Waals surface area contributed by atoms with Crippen molar-refractivity contribution < 1.29 is 9.47 Å². The largest absolute Gasteiger partial charge is 0.497 e. The van der Waals surface area contributed by atoms with Crippen LogP contribution in [-0.4, -0.2) is 39.3 Å². The second-order valence-electron chi connectivity index (χ2n) is 4.99. The van der Waals surface area contributed by atoms with Crippen molar-refractivity contribution in [1.82, 2.24) is 10.6 Å². The van der Waals surface area contributed by atoms with Gasteiger partial charge in [0.25, 0.3) is 0 Å². The minimum atomic E-state index is 0.573. The Hall–Kier alpha value is -1.91. The molecule has 20 heavy (non-hydrogen) atoms. The Bertz CT molecular complexity index is 445. The topological polar surface area (TPSA) is 54.9 Å². The first-order chi connectivity index (χ1) is 9.72. The number of hydrogen-bond donors (Lipinski definition) is 2. The molecule has 1 aromatic carbocycles. The van der Waals surface area contributed by atoms with Gasteiger partial charge in [-0.05, 0) is 36.6 Å². The Kier molecular flexibility index (Phi) is 5.09. The fraction of sp³-hybridized carbons (Fsp3) is 0.533. The van der Waals surface area contributed by atoms with E-state index >= 15 is 0 Å². The van der Waals surface area contributed by atoms with Gasteiger partial charge in [-0.1, -0.05) is 6.92 Å². The second kappa shape index (κ2) is 7.03. The predicted molar refractivity (Wildman–Crippen MR) is 80.6 cm³/mol. The number of nitrogens with zero attached hydrogens (tertiary/aromatic N) is 1. The molecule has 0 amide bonds. The van der Waals surface area contributed by atoms with Crippen LogP contribution in [0.25, 0.3) is 0 Å². The van der Waals surface area contributed by atoms with Crippen LogP contribution in [0.2, 0.25) is 0 Å². The van der Waals surface area contributed by atoms with Crippen LogP contribution in [0.15, 0.2) is 29.3 Å². The molecule has 1 aromatic rings. The lowest BCUT2D eigenvalue weighted by molar-refractivity contribution is 0.321. The Morgan fingerprint density at radius 1 is 1.30 bits per heavy atom. The SMILES string of the molecule is CN=C(NCCOc1ccc(OC)cc1)NC1CC1C. The maximum Gasteiger partial charge on any atom is 0.191 e. The Balaban J connectivity index is 1.64. The van der Waals surface area contributed by atoms with Crippen LogP contribution < -0.4 is 20.1 Å². The quantitative estimate of drug-likeness (QED) is 0.471. The number of methoxy groups -OCH3 is 1. The summed E-state index contributed by atoms with van der Waals surface area (Å²) < 4.78 is 10.7. The lowest BCUT2D eigenvalue weighted by Crippen LogP contribution is -2.40. The first kappa shape index (κ1) is 14.5. The smallest absolute Gasteiger partial charge is 0.191 e. The zero-order valence-electron chi connectivity index (χ0n) is 12.3. The summed E-state index contributed by atoms with van der Waals surface area (Å²) in [4.78, 5) is 4.19. The number of rotatable bonds is 6. The van der Waals surface area contributed by atoms with Crippen molar-refractivity contribution in [2.45, 2.75) is 19.4 Å². The van der Waals surface area contributed by atoms with Gasteiger partial charge >= 0.3 is 0 Å². The molecule has 0 radical (unpaired) electrons. The minimum Gasteiger partial charge on any atom is -0.497 e. The molecule has 2 atom stereocenters. The van der Waals surface area contributed by atoms with Crippen molar-refractivity contribution in [2.24, 2.45) is 10.9 Å². The summed E-state index contributed by atoms with van der Waals surface area (Å²) in [6.07, 6.45) is 1.23. The van der Waals surface area contributed by atoms with E-state index in [0.717, 1.165) is 23.4 Å². The van der Waals surface area contributed by atoms with Crippen molar-refractivity contribution in [3.63, 3.8) is 0 Å². The molecular formula is C15H23N3O2. The van der Waals surface area contributed by atoms with Crippen molar-refractivity contribution in [1.29, 1.82) is 0 Å². The summed E-state index contributed by atoms with van der Waals surface area (Å²) in [5.74, 6) is 3.27. The molecule has 1 aliphatic rings. The number of hydrogen-bond acceptors (Lipinski definition) is 3. The van der Waals surface area contributed by atoms with E-state index in [4.69, 9.17) is 9.47 Å². The van der Waals surface area contributed by atoms with Crippen LogP contribution in [-0.2, 0) is 0 Å². The fourth-order valence-corrected chi connectivity index (χ4v) is 1.90. The highest BCUT2D eigenvalue weighted by Gasteiger charge is 2.33. The summed E-state index contributed by atoms with van der Waals surface area (Å²) in [5.41, 5.74) is 0. The maximum atomic E-state index is 5.64. The summed E-state index contributed by atoms with van der Waals surface area (Å²) in [7, 11) is 3.44. The first-order valence-corrected chi connectivity index (χ1v) is 6.97. The zero-order chi connectivity index (χ0) is 14.4. The van der Waals surface area contributed by atoms with Crippen molar-refractivity contribution in [3.8, 4) is 11.5 Å². The van der Waals surface area contributed by atoms with Gasteiger partial charge in [0.1, 0.15) is 18.1 Å². The van der Waals surface area contributed by atoms with Crippen LogP contribution >= 0.6 is 0 Å². The molecular weight excluding hydrogens is 254 g/mol. The van der Waals surface area contributed by atoms with Crippen molar-refractivity contribution in [3.05, 3.63) is 24.3 Å². The third-order valence-corrected chi connectivity index (χ3v) is 3.38. The van der Waals surface area contributed by atoms with E-state index in [-0.39, 0.29) is 0 Å². The molecule has 5 heteroatoms. The average Bonchev–Trinajstić information content (AvgIpc) is 3.18. The van der Waals surface area contributed by atoms with Crippen LogP contribution in [0.3, 0.4) is 0 Å². The highest BCUT2D eigenvalue weighted by molar-refractivity contribution is 5.80. The van der Waals surface area contributed by atoms with E-state index in [1.165, 1.54) is 6.42 Å². The molecule has 0 bridgehead atoms. The van der Waals surface area contributed by atoms with Gasteiger partial charge in [-0.25, -0.2) is 0 Å². The van der Waals surface area contributed by atoms with Gasteiger partial charge in [0, 0.05) is 13.1 Å². The molecule has 2 unspecified atom stereocenters. The summed E-state index contributed by atoms with van der Waals surface area (Å²) in [5, 5.41) is 6.61. The Labute approximate surface area is 120 Å². The molecule has 1 fully saturated rings. The number of ether oxygens (including phenoxy) is 2. The van der Waals surface area contributed by atoms with Gasteiger partial charge in [-0.3, -0.25) is 4.99 Å². The second-order valence-corrected chi connectivity index (χ2v) is 4.99. The van der Waals surface area contributed by atoms with E-state index in [2.05, 4.69) is 22.5 Å². The molecule has 2 N–H and O–H groups in total. The Morgan fingerprint density at radius 3 is 2.50 bits per heavy atom. The van der Waals surface area contributed by atoms with Crippen LogP contribution in [0.1, 0.15) is 13.3 Å². The summed E-state index contributed by atoms with van der Waals surface area (Å²) in [6.45, 7) is 3.54. The third-order valence-electron chi connectivity index (χ3n) is 3.38. The van der Waals surface area contributed by atoms with Crippen LogP contribution in [0.4, 0.5) is 0 Å². The van der Waals surface area contributed by atoms with Gasteiger partial charge < -0.3 is 20.1 Å². The Morgan fingerprint density at radius 2 is 1.95 bits per heavy atom. The highest BCUT2D eigenvalue weighted by atomic mass is 16.5. The van der Waals surface area contributed by atoms with Gasteiger partial charge in [0.2, 0.25) is 0 Å². The number of nitrogens with one attached hydrogen (secondary N) is 2. The normalized spacial score (nSPS) is 21.2. The molecule has 0 saturated heterocycles. The average molecular weight is 277 g/mol. The number of benzene rings is 1. The van der Waals surface area contributed by atoms with E-state index in [9.17, 15) is 0 Å². The van der Waals surface area contributed by atoms with Crippen molar-refractivity contribution in [2.75, 3.05) is 27.3 Å². The molecule has 1 saturated carbocycles. The summed E-state index contributed by atoms with van der Waals surface area (Å²) in [6, 6.07) is 8.15. The predicted octanol–water partition coefficient (Wildman–Crippen LogP) is 1.65. The fourth-order valence-electron chi connectivity index (χ4n) is 1.90. The molecule has 0 spiro atoms. The summed E-state index contributed by atoms with van der Waals surface area (Å²) >= 11 is 0. The minimum absolute atomic E-state index is 0.573. The van der Waals surface area contributed by atoms with Gasteiger partial charge in [0.05, 0.1) is 13.7 Å². The molecule has 0 heterocycles. The molecule has 5 nitrogen and oxygen atoms in total. The molecule has 0 aromatic heterocycles. The van der Waals surface area contributed by atoms with Crippen LogP contribution in [0, 0.1) is 5.92 Å². The highest BCUT2D eigenvalue weighted by Crippen LogP contribution is 2.28. The lowest BCUT2D eigenvalue weighted by Gasteiger charge is -2.12. The lowest BCUT2D eigenvalue weighted by atomic mass is 10.3. The number of guanidine groups is 1. The number of aliphatic imine (C=N–C) groups is 1. The molecule has 0 aliphatic heterocycles. The standard InChI is InChI=1S/C15H23N3O2/c1-11-10-14(11)18-15(16-2)17-8-9-20-13-6-4-12(19-3)5-7-13/h4-7,11,14H,8-10H2,1-3H3,(H2,16,17,18). The molecule has 2 rings (SSSR count). The van der Waals surface area contributed by atoms with E-state index < -0.39 is 0 Å². The third kappa shape index (κ3) is 4.33.